The van der Waals surface area contributed by atoms with Crippen molar-refractivity contribution in [3.8, 4) is 0 Å². The monoisotopic (exact) mass is 196 g/mol. The Balaban J connectivity index is 2.13. The molecule has 0 bridgehead atoms. The molecule has 0 spiro atoms. The average Bonchev–Trinajstić information content (AvgIpc) is 2.71. The first-order valence-corrected chi connectivity index (χ1v) is 5.60. The van der Waals surface area contributed by atoms with Gasteiger partial charge in [-0.15, -0.1) is 0 Å². The minimum atomic E-state index is -0.861. The Labute approximate surface area is 80.0 Å². The molecule has 3 nitrogen and oxygen atoms in total. The summed E-state index contributed by atoms with van der Waals surface area (Å²) in [5.41, 5.74) is 0. The Morgan fingerprint density at radius 3 is 2.85 bits per heavy atom. The highest BCUT2D eigenvalue weighted by molar-refractivity contribution is 7.85. The smallest absolute Gasteiger partial charge is 0.0575 e. The van der Waals surface area contributed by atoms with E-state index in [0.29, 0.717) is 0 Å². The third-order valence-corrected chi connectivity index (χ3v) is 3.94. The minimum absolute atomic E-state index is 0.280. The molecule has 1 saturated heterocycles. The zero-order valence-corrected chi connectivity index (χ0v) is 8.09. The first-order chi connectivity index (χ1) is 6.38. The third kappa shape index (κ3) is 1.95. The molecule has 1 aromatic heterocycles. The van der Waals surface area contributed by atoms with E-state index in [-0.39, 0.29) is 5.25 Å². The number of hydrogen-bond donors (Lipinski definition) is 1. The molecule has 0 aliphatic carbocycles. The van der Waals surface area contributed by atoms with Gasteiger partial charge in [-0.05, 0) is 25.1 Å². The van der Waals surface area contributed by atoms with Gasteiger partial charge in [0, 0.05) is 23.8 Å². The molecule has 2 atom stereocenters. The fraction of sp³-hybridized carbons (Fsp3) is 0.444. The van der Waals surface area contributed by atoms with Crippen molar-refractivity contribution < 1.29 is 4.21 Å². The molecular weight excluding hydrogens is 184 g/mol. The number of nitrogens with one attached hydrogen (secondary N) is 1. The summed E-state index contributed by atoms with van der Waals surface area (Å²) in [7, 11) is -0.861. The molecule has 1 aliphatic heterocycles. The average molecular weight is 196 g/mol. The standard InChI is InChI=1S/C9H12N2OS/c12-13(9-3-6-11-7-9)8-1-4-10-5-2-8/h1-2,4-5,9,11H,3,6-7H2/t9-,13-/m1/s1. The molecule has 1 fully saturated rings. The normalized spacial score (nSPS) is 24.5. The van der Waals surface area contributed by atoms with E-state index in [2.05, 4.69) is 10.3 Å². The third-order valence-electron chi connectivity index (χ3n) is 2.20. The molecule has 4 heteroatoms. The molecule has 1 N–H and O–H groups in total. The quantitative estimate of drug-likeness (QED) is 0.751. The molecule has 13 heavy (non-hydrogen) atoms. The second-order valence-corrected chi connectivity index (χ2v) is 4.83. The van der Waals surface area contributed by atoms with Gasteiger partial charge in [-0.3, -0.25) is 9.19 Å². The van der Waals surface area contributed by atoms with Crippen LogP contribution in [0.15, 0.2) is 29.4 Å². The largest absolute Gasteiger partial charge is 0.315 e. The lowest BCUT2D eigenvalue weighted by atomic mass is 10.4. The predicted molar refractivity (Wildman–Crippen MR) is 51.9 cm³/mol. The lowest BCUT2D eigenvalue weighted by Crippen LogP contribution is -2.18. The highest BCUT2D eigenvalue weighted by Crippen LogP contribution is 2.14. The van der Waals surface area contributed by atoms with Crippen LogP contribution in [0, 0.1) is 0 Å². The summed E-state index contributed by atoms with van der Waals surface area (Å²) in [6.45, 7) is 1.86. The van der Waals surface area contributed by atoms with E-state index in [9.17, 15) is 4.21 Å². The number of hydrogen-bond acceptors (Lipinski definition) is 3. The molecule has 0 amide bonds. The molecule has 2 rings (SSSR count). The van der Waals surface area contributed by atoms with Crippen molar-refractivity contribution in [1.82, 2.24) is 10.3 Å². The van der Waals surface area contributed by atoms with Gasteiger partial charge in [0.2, 0.25) is 0 Å². The Morgan fingerprint density at radius 1 is 1.46 bits per heavy atom. The van der Waals surface area contributed by atoms with Crippen LogP contribution in [0.25, 0.3) is 0 Å². The van der Waals surface area contributed by atoms with E-state index in [1.54, 1.807) is 12.4 Å². The van der Waals surface area contributed by atoms with Crippen LogP contribution >= 0.6 is 0 Å². The molecule has 2 heterocycles. The van der Waals surface area contributed by atoms with Crippen molar-refractivity contribution in [1.29, 1.82) is 0 Å². The van der Waals surface area contributed by atoms with Gasteiger partial charge in [0.05, 0.1) is 16.0 Å². The Bertz CT molecular complexity index is 296. The maximum Gasteiger partial charge on any atom is 0.0575 e. The Hall–Kier alpha value is -0.740. The van der Waals surface area contributed by atoms with Crippen LogP contribution in [0.1, 0.15) is 6.42 Å². The van der Waals surface area contributed by atoms with Crippen LogP contribution in [0.5, 0.6) is 0 Å². The van der Waals surface area contributed by atoms with Crippen molar-refractivity contribution >= 4 is 10.8 Å². The van der Waals surface area contributed by atoms with Gasteiger partial charge in [0.25, 0.3) is 0 Å². The maximum absolute atomic E-state index is 11.9. The van der Waals surface area contributed by atoms with E-state index in [0.717, 1.165) is 24.4 Å². The molecule has 0 saturated carbocycles. The summed E-state index contributed by atoms with van der Waals surface area (Å²) in [4.78, 5) is 4.80. The van der Waals surface area contributed by atoms with Crippen molar-refractivity contribution in [2.24, 2.45) is 0 Å². The summed E-state index contributed by atoms with van der Waals surface area (Å²) < 4.78 is 11.9. The minimum Gasteiger partial charge on any atom is -0.315 e. The fourth-order valence-corrected chi connectivity index (χ4v) is 2.85. The van der Waals surface area contributed by atoms with Gasteiger partial charge >= 0.3 is 0 Å². The lowest BCUT2D eigenvalue weighted by molar-refractivity contribution is 0.672. The molecule has 1 aromatic rings. The van der Waals surface area contributed by atoms with Crippen LogP contribution in [-0.4, -0.2) is 27.5 Å². The zero-order chi connectivity index (χ0) is 9.10. The maximum atomic E-state index is 11.9. The summed E-state index contributed by atoms with van der Waals surface area (Å²) in [6.07, 6.45) is 4.39. The van der Waals surface area contributed by atoms with Gasteiger partial charge in [0.1, 0.15) is 0 Å². The van der Waals surface area contributed by atoms with Crippen molar-refractivity contribution in [3.63, 3.8) is 0 Å². The predicted octanol–water partition coefficient (Wildman–Crippen LogP) is 0.551. The highest BCUT2D eigenvalue weighted by atomic mass is 32.2. The number of aromatic nitrogens is 1. The molecule has 0 aromatic carbocycles. The van der Waals surface area contributed by atoms with E-state index in [1.165, 1.54) is 0 Å². The van der Waals surface area contributed by atoms with Gasteiger partial charge in [-0.1, -0.05) is 0 Å². The first kappa shape index (κ1) is 8.84. The first-order valence-electron chi connectivity index (χ1n) is 4.39. The Kier molecular flexibility index (Phi) is 2.71. The van der Waals surface area contributed by atoms with Gasteiger partial charge in [0.15, 0.2) is 0 Å². The summed E-state index contributed by atoms with van der Waals surface area (Å²) >= 11 is 0. The number of rotatable bonds is 2. The lowest BCUT2D eigenvalue weighted by Gasteiger charge is -2.07. The Morgan fingerprint density at radius 2 is 2.23 bits per heavy atom. The van der Waals surface area contributed by atoms with Gasteiger partial charge < -0.3 is 5.32 Å². The molecule has 70 valence electrons. The molecule has 1 aliphatic rings. The van der Waals surface area contributed by atoms with Crippen LogP contribution in [-0.2, 0) is 10.8 Å². The second kappa shape index (κ2) is 3.98. The summed E-state index contributed by atoms with van der Waals surface area (Å²) in [5, 5.41) is 3.49. The zero-order valence-electron chi connectivity index (χ0n) is 7.27. The number of nitrogens with zero attached hydrogens (tertiary/aromatic N) is 1. The molecular formula is C9H12N2OS. The number of pyridine rings is 1. The van der Waals surface area contributed by atoms with Crippen LogP contribution in [0.4, 0.5) is 0 Å². The highest BCUT2D eigenvalue weighted by Gasteiger charge is 2.21. The van der Waals surface area contributed by atoms with Crippen LogP contribution < -0.4 is 5.32 Å². The second-order valence-electron chi connectivity index (χ2n) is 3.10. The molecule has 0 radical (unpaired) electrons. The van der Waals surface area contributed by atoms with E-state index in [1.807, 2.05) is 12.1 Å². The SMILES string of the molecule is O=[S@](c1ccncc1)[C@@H]1CCNC1. The fourth-order valence-electron chi connectivity index (χ4n) is 1.48. The van der Waals surface area contributed by atoms with E-state index < -0.39 is 10.8 Å². The van der Waals surface area contributed by atoms with Crippen molar-refractivity contribution in [2.45, 2.75) is 16.6 Å². The van der Waals surface area contributed by atoms with Crippen molar-refractivity contribution in [2.75, 3.05) is 13.1 Å². The topological polar surface area (TPSA) is 42.0 Å². The van der Waals surface area contributed by atoms with Crippen LogP contribution in [0.3, 0.4) is 0 Å². The van der Waals surface area contributed by atoms with Gasteiger partial charge in [-0.2, -0.15) is 0 Å². The molecule has 0 unspecified atom stereocenters. The van der Waals surface area contributed by atoms with Crippen LogP contribution in [0.2, 0.25) is 0 Å². The van der Waals surface area contributed by atoms with E-state index in [4.69, 9.17) is 0 Å². The van der Waals surface area contributed by atoms with E-state index >= 15 is 0 Å². The van der Waals surface area contributed by atoms with Gasteiger partial charge in [-0.25, -0.2) is 0 Å². The summed E-state index contributed by atoms with van der Waals surface area (Å²) in [5.74, 6) is 0. The summed E-state index contributed by atoms with van der Waals surface area (Å²) in [6, 6.07) is 3.66. The van der Waals surface area contributed by atoms with Crippen molar-refractivity contribution in [3.05, 3.63) is 24.5 Å².